The van der Waals surface area contributed by atoms with Crippen LogP contribution in [0.5, 0.6) is 5.75 Å². The third-order valence-electron chi connectivity index (χ3n) is 2.95. The third kappa shape index (κ3) is 4.58. The number of phenols is 1. The summed E-state index contributed by atoms with van der Waals surface area (Å²) in [4.78, 5) is 23.3. The molecule has 0 aliphatic heterocycles. The molecule has 0 fully saturated rings. The lowest BCUT2D eigenvalue weighted by molar-refractivity contribution is -0.115. The van der Waals surface area contributed by atoms with Crippen LogP contribution in [-0.2, 0) is 16.1 Å². The number of hydrogen-bond acceptors (Lipinski definition) is 5. The summed E-state index contributed by atoms with van der Waals surface area (Å²) in [5.41, 5.74) is 1.13. The zero-order chi connectivity index (χ0) is 16.7. The molecule has 0 aromatic heterocycles. The number of nitriles is 1. The van der Waals surface area contributed by atoms with Gasteiger partial charge in [-0.2, -0.15) is 5.26 Å². The van der Waals surface area contributed by atoms with Gasteiger partial charge in [0.2, 0.25) is 5.91 Å². The summed E-state index contributed by atoms with van der Waals surface area (Å²) in [5, 5.41) is 20.7. The standard InChI is InChI=1S/C17H14N2O4/c18-9-8-16(21)19-13-6-7-14(15(20)10-13)17(22)23-11-12-4-2-1-3-5-12/h1-7,10,20H,8,11H2,(H,19,21). The lowest BCUT2D eigenvalue weighted by Crippen LogP contribution is -2.11. The Morgan fingerprint density at radius 3 is 2.57 bits per heavy atom. The first-order valence-corrected chi connectivity index (χ1v) is 6.81. The molecule has 0 aliphatic rings. The van der Waals surface area contributed by atoms with Crippen molar-refractivity contribution in [3.05, 3.63) is 59.7 Å². The van der Waals surface area contributed by atoms with Gasteiger partial charge in [0.25, 0.3) is 0 Å². The number of nitrogens with one attached hydrogen (secondary N) is 1. The first-order valence-electron chi connectivity index (χ1n) is 6.81. The third-order valence-corrected chi connectivity index (χ3v) is 2.95. The van der Waals surface area contributed by atoms with Gasteiger partial charge in [-0.15, -0.1) is 0 Å². The fraction of sp³-hybridized carbons (Fsp3) is 0.118. The van der Waals surface area contributed by atoms with Gasteiger partial charge in [0.05, 0.1) is 6.07 Å². The lowest BCUT2D eigenvalue weighted by atomic mass is 10.1. The molecule has 0 spiro atoms. The van der Waals surface area contributed by atoms with E-state index in [9.17, 15) is 14.7 Å². The summed E-state index contributed by atoms with van der Waals surface area (Å²) in [5.74, 6) is -1.47. The Kier molecular flexibility index (Phi) is 5.31. The summed E-state index contributed by atoms with van der Waals surface area (Å²) in [6.45, 7) is 0.0970. The van der Waals surface area contributed by atoms with E-state index >= 15 is 0 Å². The number of carbonyl (C=O) groups excluding carboxylic acids is 2. The molecule has 6 heteroatoms. The van der Waals surface area contributed by atoms with Gasteiger partial charge in [0, 0.05) is 11.8 Å². The average molecular weight is 310 g/mol. The highest BCUT2D eigenvalue weighted by Gasteiger charge is 2.14. The molecule has 2 N–H and O–H groups in total. The Balaban J connectivity index is 2.01. The Labute approximate surface area is 132 Å². The van der Waals surface area contributed by atoms with E-state index in [0.29, 0.717) is 5.69 Å². The molecule has 0 aliphatic carbocycles. The van der Waals surface area contributed by atoms with Gasteiger partial charge >= 0.3 is 5.97 Å². The SMILES string of the molecule is N#CCC(=O)Nc1ccc(C(=O)OCc2ccccc2)c(O)c1. The smallest absolute Gasteiger partial charge is 0.342 e. The number of benzene rings is 2. The molecule has 1 amide bonds. The number of esters is 1. The van der Waals surface area contributed by atoms with Crippen molar-refractivity contribution in [1.29, 1.82) is 5.26 Å². The average Bonchev–Trinajstić information content (AvgIpc) is 2.54. The fourth-order valence-electron chi connectivity index (χ4n) is 1.86. The summed E-state index contributed by atoms with van der Waals surface area (Å²) < 4.78 is 5.13. The van der Waals surface area contributed by atoms with Crippen LogP contribution in [0.25, 0.3) is 0 Å². The number of aromatic hydroxyl groups is 1. The molecule has 0 bridgehead atoms. The van der Waals surface area contributed by atoms with Crippen LogP contribution in [0.2, 0.25) is 0 Å². The highest BCUT2D eigenvalue weighted by Crippen LogP contribution is 2.23. The Bertz CT molecular complexity index is 751. The van der Waals surface area contributed by atoms with Gasteiger partial charge in [0.1, 0.15) is 24.3 Å². The van der Waals surface area contributed by atoms with Crippen LogP contribution in [0.1, 0.15) is 22.3 Å². The van der Waals surface area contributed by atoms with Gasteiger partial charge in [0.15, 0.2) is 0 Å². The van der Waals surface area contributed by atoms with Gasteiger partial charge in [-0.1, -0.05) is 30.3 Å². The maximum absolute atomic E-state index is 12.0. The van der Waals surface area contributed by atoms with E-state index in [1.165, 1.54) is 18.2 Å². The number of anilines is 1. The first kappa shape index (κ1) is 16.0. The molecule has 0 saturated carbocycles. The van der Waals surface area contributed by atoms with E-state index in [2.05, 4.69) is 5.32 Å². The Hall–Kier alpha value is -3.33. The minimum atomic E-state index is -0.666. The molecule has 23 heavy (non-hydrogen) atoms. The summed E-state index contributed by atoms with van der Waals surface area (Å²) in [6, 6.07) is 14.9. The maximum Gasteiger partial charge on any atom is 0.342 e. The van der Waals surface area contributed by atoms with Crippen LogP contribution in [0.3, 0.4) is 0 Å². The quantitative estimate of drug-likeness (QED) is 0.827. The van der Waals surface area contributed by atoms with Crippen molar-refractivity contribution >= 4 is 17.6 Å². The minimum absolute atomic E-state index is 0.000728. The molecule has 0 atom stereocenters. The van der Waals surface area contributed by atoms with E-state index in [0.717, 1.165) is 5.56 Å². The fourth-order valence-corrected chi connectivity index (χ4v) is 1.86. The predicted octanol–water partition coefficient (Wildman–Crippen LogP) is 2.60. The molecule has 116 valence electrons. The number of amides is 1. The van der Waals surface area contributed by atoms with E-state index in [4.69, 9.17) is 10.00 Å². The van der Waals surface area contributed by atoms with Crippen LogP contribution < -0.4 is 5.32 Å². The summed E-state index contributed by atoms with van der Waals surface area (Å²) in [7, 11) is 0. The number of ether oxygens (including phenoxy) is 1. The number of carbonyl (C=O) groups is 2. The van der Waals surface area contributed by atoms with Crippen molar-refractivity contribution in [2.24, 2.45) is 0 Å². The number of rotatable bonds is 5. The second-order valence-electron chi connectivity index (χ2n) is 4.68. The molecule has 2 aromatic carbocycles. The largest absolute Gasteiger partial charge is 0.507 e. The molecular formula is C17H14N2O4. The molecule has 0 radical (unpaired) electrons. The zero-order valence-corrected chi connectivity index (χ0v) is 12.2. The Morgan fingerprint density at radius 2 is 1.91 bits per heavy atom. The van der Waals surface area contributed by atoms with E-state index in [1.54, 1.807) is 6.07 Å². The molecule has 2 rings (SSSR count). The van der Waals surface area contributed by atoms with Gasteiger partial charge in [-0.25, -0.2) is 4.79 Å². The summed E-state index contributed by atoms with van der Waals surface area (Å²) >= 11 is 0. The van der Waals surface area contributed by atoms with Crippen LogP contribution in [0.15, 0.2) is 48.5 Å². The van der Waals surface area contributed by atoms with Gasteiger partial charge in [-0.3, -0.25) is 4.79 Å². The van der Waals surface area contributed by atoms with Crippen LogP contribution >= 0.6 is 0 Å². The highest BCUT2D eigenvalue weighted by atomic mass is 16.5. The molecule has 2 aromatic rings. The molecule has 0 heterocycles. The molecule has 0 saturated heterocycles. The maximum atomic E-state index is 12.0. The van der Waals surface area contributed by atoms with Crippen LogP contribution in [0.4, 0.5) is 5.69 Å². The zero-order valence-electron chi connectivity index (χ0n) is 12.2. The molecule has 0 unspecified atom stereocenters. The van der Waals surface area contributed by atoms with Gasteiger partial charge < -0.3 is 15.2 Å². The number of nitrogens with zero attached hydrogens (tertiary/aromatic N) is 1. The normalized spacial score (nSPS) is 9.70. The lowest BCUT2D eigenvalue weighted by Gasteiger charge is -2.08. The number of hydrogen-bond donors (Lipinski definition) is 2. The first-order chi connectivity index (χ1) is 11.1. The van der Waals surface area contributed by atoms with Gasteiger partial charge in [-0.05, 0) is 17.7 Å². The highest BCUT2D eigenvalue weighted by molar-refractivity contribution is 5.95. The van der Waals surface area contributed by atoms with E-state index < -0.39 is 11.9 Å². The van der Waals surface area contributed by atoms with Crippen LogP contribution in [-0.4, -0.2) is 17.0 Å². The van der Waals surface area contributed by atoms with Crippen molar-refractivity contribution in [3.63, 3.8) is 0 Å². The van der Waals surface area contributed by atoms with Crippen molar-refractivity contribution in [2.75, 3.05) is 5.32 Å². The monoisotopic (exact) mass is 310 g/mol. The van der Waals surface area contributed by atoms with Crippen LogP contribution in [0, 0.1) is 11.3 Å². The molecule has 6 nitrogen and oxygen atoms in total. The summed E-state index contributed by atoms with van der Waals surface area (Å²) in [6.07, 6.45) is -0.290. The van der Waals surface area contributed by atoms with E-state index in [-0.39, 0.29) is 24.3 Å². The second-order valence-corrected chi connectivity index (χ2v) is 4.68. The minimum Gasteiger partial charge on any atom is -0.507 e. The predicted molar refractivity (Wildman–Crippen MR) is 82.5 cm³/mol. The topological polar surface area (TPSA) is 99.4 Å². The Morgan fingerprint density at radius 1 is 1.17 bits per heavy atom. The van der Waals surface area contributed by atoms with Crippen molar-refractivity contribution in [2.45, 2.75) is 13.0 Å². The van der Waals surface area contributed by atoms with Crippen molar-refractivity contribution in [3.8, 4) is 11.8 Å². The molecular weight excluding hydrogens is 296 g/mol. The number of phenolic OH excluding ortho intramolecular Hbond substituents is 1. The van der Waals surface area contributed by atoms with Crippen molar-refractivity contribution < 1.29 is 19.4 Å². The second kappa shape index (κ2) is 7.61. The van der Waals surface area contributed by atoms with Crippen molar-refractivity contribution in [1.82, 2.24) is 0 Å². The van der Waals surface area contributed by atoms with E-state index in [1.807, 2.05) is 30.3 Å².